The van der Waals surface area contributed by atoms with Gasteiger partial charge < -0.3 is 14.8 Å². The highest BCUT2D eigenvalue weighted by atomic mass is 35.5. The molecule has 7 heteroatoms. The summed E-state index contributed by atoms with van der Waals surface area (Å²) in [5, 5.41) is 3.46. The fourth-order valence-electron chi connectivity index (χ4n) is 3.25. The highest BCUT2D eigenvalue weighted by Gasteiger charge is 2.37. The van der Waals surface area contributed by atoms with Crippen LogP contribution in [0.5, 0.6) is 0 Å². The third-order valence-corrected chi connectivity index (χ3v) is 5.10. The minimum Gasteiger partial charge on any atom is -0.468 e. The van der Waals surface area contributed by atoms with Gasteiger partial charge in [0.25, 0.3) is 5.91 Å². The van der Waals surface area contributed by atoms with E-state index in [0.29, 0.717) is 35.7 Å². The van der Waals surface area contributed by atoms with E-state index in [1.165, 1.54) is 7.11 Å². The molecule has 3 rings (SSSR count). The van der Waals surface area contributed by atoms with E-state index < -0.39 is 11.9 Å². The van der Waals surface area contributed by atoms with Crippen molar-refractivity contribution in [3.63, 3.8) is 0 Å². The quantitative estimate of drug-likeness (QED) is 0.844. The highest BCUT2D eigenvalue weighted by Crippen LogP contribution is 2.40. The second-order valence-corrected chi connectivity index (χ2v) is 6.46. The molecule has 1 N–H and O–H groups in total. The lowest BCUT2D eigenvalue weighted by molar-refractivity contribution is -0.145. The van der Waals surface area contributed by atoms with E-state index in [9.17, 15) is 9.59 Å². The SMILES string of the molecule is COC(=O)[C@@H](c1cc(Cl)c2c(c1Cl)C(=O)NCC2)C1CCCO1. The number of amides is 1. The molecule has 1 unspecified atom stereocenters. The number of nitrogens with one attached hydrogen (secondary N) is 1. The summed E-state index contributed by atoms with van der Waals surface area (Å²) in [6.07, 6.45) is 1.90. The Bertz CT molecular complexity index is 656. The maximum atomic E-state index is 12.3. The molecule has 1 aromatic rings. The van der Waals surface area contributed by atoms with Gasteiger partial charge in [0.05, 0.1) is 23.8 Å². The van der Waals surface area contributed by atoms with E-state index in [2.05, 4.69) is 5.32 Å². The molecule has 2 aliphatic heterocycles. The summed E-state index contributed by atoms with van der Waals surface area (Å²) in [5.74, 6) is -1.39. The van der Waals surface area contributed by atoms with Gasteiger partial charge in [0.15, 0.2) is 0 Å². The molecule has 2 heterocycles. The first-order valence-electron chi connectivity index (χ1n) is 7.53. The number of hydrogen-bond acceptors (Lipinski definition) is 4. The molecule has 2 aliphatic rings. The first-order valence-corrected chi connectivity index (χ1v) is 8.28. The Kier molecular flexibility index (Phi) is 4.80. The van der Waals surface area contributed by atoms with Gasteiger partial charge in [-0.2, -0.15) is 0 Å². The first-order chi connectivity index (χ1) is 11.0. The fourth-order valence-corrected chi connectivity index (χ4v) is 3.93. The normalized spacial score (nSPS) is 21.5. The van der Waals surface area contributed by atoms with Gasteiger partial charge in [0, 0.05) is 18.2 Å². The van der Waals surface area contributed by atoms with Gasteiger partial charge in [0.2, 0.25) is 0 Å². The lowest BCUT2D eigenvalue weighted by atomic mass is 9.87. The maximum absolute atomic E-state index is 12.3. The predicted molar refractivity (Wildman–Crippen MR) is 86.2 cm³/mol. The van der Waals surface area contributed by atoms with Crippen LogP contribution >= 0.6 is 23.2 Å². The van der Waals surface area contributed by atoms with Crippen molar-refractivity contribution in [2.75, 3.05) is 20.3 Å². The molecule has 0 spiro atoms. The number of rotatable bonds is 3. The average molecular weight is 358 g/mol. The van der Waals surface area contributed by atoms with E-state index in [4.69, 9.17) is 32.7 Å². The summed E-state index contributed by atoms with van der Waals surface area (Å²) >= 11 is 12.8. The van der Waals surface area contributed by atoms with Gasteiger partial charge in [-0.1, -0.05) is 23.2 Å². The van der Waals surface area contributed by atoms with E-state index in [-0.39, 0.29) is 17.0 Å². The second kappa shape index (κ2) is 6.67. The van der Waals surface area contributed by atoms with Crippen molar-refractivity contribution < 1.29 is 19.1 Å². The van der Waals surface area contributed by atoms with E-state index in [1.54, 1.807) is 6.07 Å². The van der Waals surface area contributed by atoms with Gasteiger partial charge in [0.1, 0.15) is 5.92 Å². The summed E-state index contributed by atoms with van der Waals surface area (Å²) in [4.78, 5) is 24.5. The number of methoxy groups -OCH3 is 1. The van der Waals surface area contributed by atoms with Crippen molar-refractivity contribution in [1.82, 2.24) is 5.32 Å². The van der Waals surface area contributed by atoms with Crippen molar-refractivity contribution >= 4 is 35.1 Å². The van der Waals surface area contributed by atoms with E-state index >= 15 is 0 Å². The van der Waals surface area contributed by atoms with E-state index in [1.807, 2.05) is 0 Å². The van der Waals surface area contributed by atoms with Crippen LogP contribution in [0.3, 0.4) is 0 Å². The molecular formula is C16H17Cl2NO4. The average Bonchev–Trinajstić information content (AvgIpc) is 3.06. The van der Waals surface area contributed by atoms with E-state index in [0.717, 1.165) is 18.4 Å². The highest BCUT2D eigenvalue weighted by molar-refractivity contribution is 6.37. The second-order valence-electron chi connectivity index (χ2n) is 5.67. The zero-order valence-corrected chi connectivity index (χ0v) is 14.2. The molecule has 0 aromatic heterocycles. The molecule has 0 aliphatic carbocycles. The number of fused-ring (bicyclic) bond motifs is 1. The number of carbonyl (C=O) groups excluding carboxylic acids is 2. The molecule has 1 saturated heterocycles. The number of ether oxygens (including phenoxy) is 2. The first kappa shape index (κ1) is 16.6. The molecule has 2 atom stereocenters. The Morgan fingerprint density at radius 2 is 2.26 bits per heavy atom. The molecule has 1 fully saturated rings. The number of esters is 1. The summed E-state index contributed by atoms with van der Waals surface area (Å²) in [7, 11) is 1.32. The number of hydrogen-bond donors (Lipinski definition) is 1. The standard InChI is InChI=1S/C16H17Cl2NO4/c1-22-16(21)12(11-3-2-6-23-11)9-7-10(17)8-4-5-19-15(20)13(8)14(9)18/h7,11-12H,2-6H2,1H3,(H,19,20)/t11?,12-/m0/s1. The Morgan fingerprint density at radius 3 is 2.91 bits per heavy atom. The summed E-state index contributed by atoms with van der Waals surface area (Å²) < 4.78 is 10.6. The summed E-state index contributed by atoms with van der Waals surface area (Å²) in [5.41, 5.74) is 1.57. The zero-order valence-electron chi connectivity index (χ0n) is 12.7. The lowest BCUT2D eigenvalue weighted by Gasteiger charge is -2.26. The topological polar surface area (TPSA) is 64.6 Å². The molecule has 5 nitrogen and oxygen atoms in total. The molecule has 0 saturated carbocycles. The van der Waals surface area contributed by atoms with Crippen LogP contribution in [0.1, 0.15) is 40.2 Å². The smallest absolute Gasteiger partial charge is 0.315 e. The monoisotopic (exact) mass is 357 g/mol. The summed E-state index contributed by atoms with van der Waals surface area (Å²) in [6, 6.07) is 1.67. The largest absolute Gasteiger partial charge is 0.468 e. The third kappa shape index (κ3) is 2.93. The maximum Gasteiger partial charge on any atom is 0.315 e. The lowest BCUT2D eigenvalue weighted by Crippen LogP contribution is -2.34. The number of halogens is 2. The zero-order chi connectivity index (χ0) is 16.6. The van der Waals surface area contributed by atoms with Crippen LogP contribution in [0, 0.1) is 0 Å². The van der Waals surface area contributed by atoms with Gasteiger partial charge in [-0.05, 0) is 36.5 Å². The Morgan fingerprint density at radius 1 is 1.48 bits per heavy atom. The van der Waals surface area contributed by atoms with Crippen LogP contribution in [0.25, 0.3) is 0 Å². The van der Waals surface area contributed by atoms with Crippen LogP contribution in [0.2, 0.25) is 10.0 Å². The molecule has 124 valence electrons. The van der Waals surface area contributed by atoms with Crippen LogP contribution in [-0.2, 0) is 20.7 Å². The molecule has 23 heavy (non-hydrogen) atoms. The predicted octanol–water partition coefficient (Wildman–Crippen LogP) is 2.71. The van der Waals surface area contributed by atoms with Crippen LogP contribution in [0.15, 0.2) is 6.07 Å². The summed E-state index contributed by atoms with van der Waals surface area (Å²) in [6.45, 7) is 1.11. The minimum atomic E-state index is -0.687. The van der Waals surface area contributed by atoms with Crippen LogP contribution < -0.4 is 5.32 Å². The van der Waals surface area contributed by atoms with Gasteiger partial charge in [-0.25, -0.2) is 0 Å². The van der Waals surface area contributed by atoms with Crippen molar-refractivity contribution in [2.24, 2.45) is 0 Å². The molecule has 1 amide bonds. The Hall–Kier alpha value is -1.30. The van der Waals surface area contributed by atoms with Gasteiger partial charge in [-0.3, -0.25) is 9.59 Å². The van der Waals surface area contributed by atoms with Crippen molar-refractivity contribution in [2.45, 2.75) is 31.3 Å². The molecule has 1 aromatic carbocycles. The third-order valence-electron chi connectivity index (χ3n) is 4.36. The van der Waals surface area contributed by atoms with Crippen molar-refractivity contribution in [3.05, 3.63) is 32.8 Å². The molecule has 0 radical (unpaired) electrons. The van der Waals surface area contributed by atoms with Crippen LogP contribution in [-0.4, -0.2) is 38.2 Å². The van der Waals surface area contributed by atoms with Crippen molar-refractivity contribution in [3.8, 4) is 0 Å². The van der Waals surface area contributed by atoms with Crippen LogP contribution in [0.4, 0.5) is 0 Å². The Balaban J connectivity index is 2.13. The molecular weight excluding hydrogens is 341 g/mol. The molecule has 0 bridgehead atoms. The number of carbonyl (C=O) groups is 2. The Labute approximate surface area is 144 Å². The van der Waals surface area contributed by atoms with Gasteiger partial charge in [-0.15, -0.1) is 0 Å². The van der Waals surface area contributed by atoms with Gasteiger partial charge >= 0.3 is 5.97 Å². The minimum absolute atomic E-state index is 0.257. The fraction of sp³-hybridized carbons (Fsp3) is 0.500. The van der Waals surface area contributed by atoms with Crippen molar-refractivity contribution in [1.29, 1.82) is 0 Å². The number of benzene rings is 1.